The SMILES string of the molecule is CC(=O)NCCC(O)C(O)c1ccc2oc(N)nc2c1. The van der Waals surface area contributed by atoms with E-state index in [1.807, 2.05) is 0 Å². The first kappa shape index (κ1) is 14.3. The number of nitrogen functional groups attached to an aromatic ring is 1. The van der Waals surface area contributed by atoms with E-state index in [9.17, 15) is 15.0 Å². The van der Waals surface area contributed by atoms with Crippen LogP contribution in [-0.2, 0) is 4.79 Å². The second-order valence-corrected chi connectivity index (χ2v) is 4.56. The van der Waals surface area contributed by atoms with Gasteiger partial charge in [0.05, 0.1) is 6.10 Å². The molecule has 0 radical (unpaired) electrons. The third-order valence-electron chi connectivity index (χ3n) is 2.95. The van der Waals surface area contributed by atoms with Crippen LogP contribution in [0.15, 0.2) is 22.6 Å². The molecule has 7 heteroatoms. The molecule has 1 aromatic carbocycles. The number of carbonyl (C=O) groups is 1. The molecule has 20 heavy (non-hydrogen) atoms. The van der Waals surface area contributed by atoms with Gasteiger partial charge in [-0.15, -0.1) is 0 Å². The second-order valence-electron chi connectivity index (χ2n) is 4.56. The molecular weight excluding hydrogens is 262 g/mol. The van der Waals surface area contributed by atoms with Crippen LogP contribution in [0.25, 0.3) is 11.1 Å². The van der Waals surface area contributed by atoms with Gasteiger partial charge >= 0.3 is 0 Å². The summed E-state index contributed by atoms with van der Waals surface area (Å²) in [5.74, 6) is -0.175. The number of fused-ring (bicyclic) bond motifs is 1. The van der Waals surface area contributed by atoms with Crippen LogP contribution >= 0.6 is 0 Å². The normalized spacial score (nSPS) is 14.2. The Morgan fingerprint density at radius 2 is 2.25 bits per heavy atom. The highest BCUT2D eigenvalue weighted by molar-refractivity contribution is 5.75. The number of aliphatic hydroxyl groups excluding tert-OH is 2. The first-order chi connectivity index (χ1) is 9.47. The average Bonchev–Trinajstić information content (AvgIpc) is 2.76. The summed E-state index contributed by atoms with van der Waals surface area (Å²) >= 11 is 0. The van der Waals surface area contributed by atoms with Crippen LogP contribution in [0.4, 0.5) is 6.01 Å². The highest BCUT2D eigenvalue weighted by Crippen LogP contribution is 2.24. The molecule has 2 unspecified atom stereocenters. The van der Waals surface area contributed by atoms with Crippen LogP contribution in [0, 0.1) is 0 Å². The van der Waals surface area contributed by atoms with Crippen LogP contribution in [0.1, 0.15) is 25.0 Å². The maximum Gasteiger partial charge on any atom is 0.292 e. The molecule has 0 saturated heterocycles. The number of benzene rings is 1. The second kappa shape index (κ2) is 5.89. The maximum absolute atomic E-state index is 10.7. The summed E-state index contributed by atoms with van der Waals surface area (Å²) in [6, 6.07) is 4.94. The molecule has 2 rings (SSSR count). The molecule has 0 aliphatic carbocycles. The predicted molar refractivity (Wildman–Crippen MR) is 72.7 cm³/mol. The minimum atomic E-state index is -1.06. The monoisotopic (exact) mass is 279 g/mol. The van der Waals surface area contributed by atoms with Crippen molar-refractivity contribution in [1.82, 2.24) is 10.3 Å². The van der Waals surface area contributed by atoms with E-state index in [0.717, 1.165) is 0 Å². The van der Waals surface area contributed by atoms with Gasteiger partial charge in [-0.3, -0.25) is 4.79 Å². The number of oxazole rings is 1. The number of nitrogens with two attached hydrogens (primary N) is 1. The summed E-state index contributed by atoms with van der Waals surface area (Å²) in [7, 11) is 0. The van der Waals surface area contributed by atoms with Crippen molar-refractivity contribution in [2.75, 3.05) is 12.3 Å². The molecule has 1 heterocycles. The van der Waals surface area contributed by atoms with E-state index in [1.165, 1.54) is 6.92 Å². The number of rotatable bonds is 5. The lowest BCUT2D eigenvalue weighted by molar-refractivity contribution is -0.119. The molecule has 2 aromatic rings. The Morgan fingerprint density at radius 3 is 2.95 bits per heavy atom. The summed E-state index contributed by atoms with van der Waals surface area (Å²) in [5, 5.41) is 22.5. The predicted octanol–water partition coefficient (Wildman–Crippen LogP) is 0.330. The summed E-state index contributed by atoms with van der Waals surface area (Å²) in [5.41, 5.74) is 7.00. The number of hydrogen-bond acceptors (Lipinski definition) is 6. The van der Waals surface area contributed by atoms with Crippen molar-refractivity contribution in [3.8, 4) is 0 Å². The molecule has 0 aliphatic rings. The van der Waals surface area contributed by atoms with Crippen molar-refractivity contribution in [2.45, 2.75) is 25.6 Å². The van der Waals surface area contributed by atoms with E-state index in [1.54, 1.807) is 18.2 Å². The number of carbonyl (C=O) groups excluding carboxylic acids is 1. The summed E-state index contributed by atoms with van der Waals surface area (Å²) < 4.78 is 5.13. The largest absolute Gasteiger partial charge is 0.424 e. The van der Waals surface area contributed by atoms with E-state index < -0.39 is 12.2 Å². The number of nitrogens with one attached hydrogen (secondary N) is 1. The van der Waals surface area contributed by atoms with Crippen molar-refractivity contribution in [2.24, 2.45) is 0 Å². The fourth-order valence-electron chi connectivity index (χ4n) is 1.92. The van der Waals surface area contributed by atoms with Gasteiger partial charge in [0, 0.05) is 13.5 Å². The van der Waals surface area contributed by atoms with E-state index in [4.69, 9.17) is 10.2 Å². The fourth-order valence-corrected chi connectivity index (χ4v) is 1.92. The summed E-state index contributed by atoms with van der Waals surface area (Å²) in [6.45, 7) is 1.69. The molecule has 1 aromatic heterocycles. The lowest BCUT2D eigenvalue weighted by atomic mass is 10.0. The van der Waals surface area contributed by atoms with Crippen LogP contribution in [-0.4, -0.2) is 33.8 Å². The molecule has 1 amide bonds. The van der Waals surface area contributed by atoms with Gasteiger partial charge in [0.1, 0.15) is 11.6 Å². The number of amides is 1. The zero-order valence-electron chi connectivity index (χ0n) is 11.0. The van der Waals surface area contributed by atoms with Crippen LogP contribution in [0.2, 0.25) is 0 Å². The third-order valence-corrected chi connectivity index (χ3v) is 2.95. The van der Waals surface area contributed by atoms with Gasteiger partial charge in [0.25, 0.3) is 6.01 Å². The molecule has 2 atom stereocenters. The van der Waals surface area contributed by atoms with E-state index in [2.05, 4.69) is 10.3 Å². The highest BCUT2D eigenvalue weighted by atomic mass is 16.4. The molecule has 0 aliphatic heterocycles. The Labute approximate surface area is 115 Å². The van der Waals surface area contributed by atoms with Crippen LogP contribution in [0.5, 0.6) is 0 Å². The van der Waals surface area contributed by atoms with Crippen molar-refractivity contribution in [3.63, 3.8) is 0 Å². The van der Waals surface area contributed by atoms with Gasteiger partial charge in [-0.25, -0.2) is 0 Å². The first-order valence-corrected chi connectivity index (χ1v) is 6.24. The number of aliphatic hydroxyl groups is 2. The molecule has 0 spiro atoms. The topological polar surface area (TPSA) is 122 Å². The standard InChI is InChI=1S/C13H17N3O4/c1-7(17)15-5-4-10(18)12(19)8-2-3-11-9(6-8)16-13(14)20-11/h2-3,6,10,12,18-19H,4-5H2,1H3,(H2,14,16)(H,15,17). The quantitative estimate of drug-likeness (QED) is 0.625. The molecular formula is C13H17N3O4. The molecule has 0 bridgehead atoms. The summed E-state index contributed by atoms with van der Waals surface area (Å²) in [6.07, 6.45) is -1.80. The minimum absolute atomic E-state index is 0.0536. The van der Waals surface area contributed by atoms with Gasteiger partial charge < -0.3 is 25.7 Å². The average molecular weight is 279 g/mol. The minimum Gasteiger partial charge on any atom is -0.424 e. The first-order valence-electron chi connectivity index (χ1n) is 6.24. The lowest BCUT2D eigenvalue weighted by Gasteiger charge is -2.18. The van der Waals surface area contributed by atoms with E-state index in [-0.39, 0.29) is 18.3 Å². The van der Waals surface area contributed by atoms with Crippen LogP contribution in [0.3, 0.4) is 0 Å². The molecule has 7 nitrogen and oxygen atoms in total. The van der Waals surface area contributed by atoms with Crippen molar-refractivity contribution >= 4 is 23.0 Å². The number of nitrogens with zero attached hydrogens (tertiary/aromatic N) is 1. The van der Waals surface area contributed by atoms with Crippen molar-refractivity contribution in [3.05, 3.63) is 23.8 Å². The Hall–Kier alpha value is -2.12. The Morgan fingerprint density at radius 1 is 1.50 bits per heavy atom. The smallest absolute Gasteiger partial charge is 0.292 e. The van der Waals surface area contributed by atoms with Gasteiger partial charge in [0.15, 0.2) is 5.58 Å². The Balaban J connectivity index is 2.05. The Bertz CT molecular complexity index is 611. The van der Waals surface area contributed by atoms with Crippen molar-refractivity contribution < 1.29 is 19.4 Å². The third kappa shape index (κ3) is 3.25. The van der Waals surface area contributed by atoms with Gasteiger partial charge in [-0.05, 0) is 24.1 Å². The molecule has 0 saturated carbocycles. The zero-order valence-corrected chi connectivity index (χ0v) is 11.0. The number of hydrogen-bond donors (Lipinski definition) is 4. The lowest BCUT2D eigenvalue weighted by Crippen LogP contribution is -2.27. The highest BCUT2D eigenvalue weighted by Gasteiger charge is 2.19. The fraction of sp³-hybridized carbons (Fsp3) is 0.385. The molecule has 0 fully saturated rings. The number of aromatic nitrogens is 1. The Kier molecular flexibility index (Phi) is 4.21. The summed E-state index contributed by atoms with van der Waals surface area (Å²) in [4.78, 5) is 14.7. The van der Waals surface area contributed by atoms with Crippen LogP contribution < -0.4 is 11.1 Å². The molecule has 108 valence electrons. The van der Waals surface area contributed by atoms with Gasteiger partial charge in [-0.2, -0.15) is 4.98 Å². The van der Waals surface area contributed by atoms with Gasteiger partial charge in [0.2, 0.25) is 5.91 Å². The van der Waals surface area contributed by atoms with E-state index >= 15 is 0 Å². The van der Waals surface area contributed by atoms with Crippen molar-refractivity contribution in [1.29, 1.82) is 0 Å². The zero-order chi connectivity index (χ0) is 14.7. The van der Waals surface area contributed by atoms with E-state index in [0.29, 0.717) is 23.2 Å². The van der Waals surface area contributed by atoms with Gasteiger partial charge in [-0.1, -0.05) is 6.07 Å². The maximum atomic E-state index is 10.7. The molecule has 5 N–H and O–H groups in total. The number of anilines is 1.